The number of benzene rings is 2. The highest BCUT2D eigenvalue weighted by Crippen LogP contribution is 2.36. The number of hydrogen-bond donors (Lipinski definition) is 1. The average molecular weight is 412 g/mol. The minimum atomic E-state index is -0.206. The predicted octanol–water partition coefficient (Wildman–Crippen LogP) is 4.43. The van der Waals surface area contributed by atoms with Crippen molar-refractivity contribution in [1.29, 1.82) is 0 Å². The Balaban J connectivity index is 1.65. The van der Waals surface area contributed by atoms with Crippen molar-refractivity contribution in [3.63, 3.8) is 0 Å². The first-order valence-corrected chi connectivity index (χ1v) is 9.38. The lowest BCUT2D eigenvalue weighted by molar-refractivity contribution is -0.117. The second-order valence-electron chi connectivity index (χ2n) is 6.36. The number of ether oxygens (including phenoxy) is 2. The molecule has 0 bridgehead atoms. The molecule has 0 aliphatic heterocycles. The topological polar surface area (TPSA) is 65.4 Å². The molecule has 1 heterocycles. The van der Waals surface area contributed by atoms with Crippen LogP contribution in [-0.2, 0) is 4.79 Å². The Morgan fingerprint density at radius 2 is 1.97 bits per heavy atom. The van der Waals surface area contributed by atoms with Gasteiger partial charge in [-0.2, -0.15) is 0 Å². The number of amides is 1. The van der Waals surface area contributed by atoms with Crippen molar-refractivity contribution < 1.29 is 14.3 Å². The summed E-state index contributed by atoms with van der Waals surface area (Å²) in [6, 6.07) is 11.3. The van der Waals surface area contributed by atoms with Crippen LogP contribution < -0.4 is 14.8 Å². The number of methoxy groups -OCH3 is 2. The molecule has 7 heteroatoms. The van der Waals surface area contributed by atoms with Gasteiger partial charge in [0.15, 0.2) is 11.5 Å². The Hall–Kier alpha value is -3.25. The summed E-state index contributed by atoms with van der Waals surface area (Å²) in [6.07, 6.45) is 8.50. The molecule has 0 spiro atoms. The van der Waals surface area contributed by atoms with Crippen LogP contribution in [0.2, 0.25) is 5.02 Å². The van der Waals surface area contributed by atoms with Gasteiger partial charge in [-0.15, -0.1) is 0 Å². The zero-order valence-corrected chi connectivity index (χ0v) is 17.2. The summed E-state index contributed by atoms with van der Waals surface area (Å²) in [5.74, 6) is 0.761. The molecule has 0 aliphatic rings. The first-order chi connectivity index (χ1) is 14.0. The fraction of sp³-hybridized carbons (Fsp3) is 0.182. The molecule has 6 nitrogen and oxygen atoms in total. The molecule has 3 aromatic rings. The SMILES string of the molecule is COc1cc(/C=C/C(=O)N[C@H](C)c2ccc(-n3ccnc3)cc2)cc(Cl)c1OC. The summed E-state index contributed by atoms with van der Waals surface area (Å²) in [5.41, 5.74) is 2.75. The Labute approximate surface area is 174 Å². The van der Waals surface area contributed by atoms with E-state index in [-0.39, 0.29) is 11.9 Å². The maximum atomic E-state index is 12.3. The van der Waals surface area contributed by atoms with Crippen LogP contribution in [0.5, 0.6) is 11.5 Å². The van der Waals surface area contributed by atoms with Crippen molar-refractivity contribution >= 4 is 23.6 Å². The summed E-state index contributed by atoms with van der Waals surface area (Å²) in [6.45, 7) is 1.94. The van der Waals surface area contributed by atoms with E-state index in [4.69, 9.17) is 21.1 Å². The fourth-order valence-corrected chi connectivity index (χ4v) is 3.19. The van der Waals surface area contributed by atoms with Gasteiger partial charge in [-0.1, -0.05) is 23.7 Å². The van der Waals surface area contributed by atoms with E-state index in [1.807, 2.05) is 42.0 Å². The lowest BCUT2D eigenvalue weighted by Crippen LogP contribution is -2.24. The third-order valence-corrected chi connectivity index (χ3v) is 4.72. The highest BCUT2D eigenvalue weighted by atomic mass is 35.5. The van der Waals surface area contributed by atoms with Crippen molar-refractivity contribution in [1.82, 2.24) is 14.9 Å². The van der Waals surface area contributed by atoms with Crippen LogP contribution in [0.4, 0.5) is 0 Å². The second-order valence-corrected chi connectivity index (χ2v) is 6.77. The van der Waals surface area contributed by atoms with Crippen molar-refractivity contribution in [2.45, 2.75) is 13.0 Å². The van der Waals surface area contributed by atoms with Crippen molar-refractivity contribution in [3.8, 4) is 17.2 Å². The highest BCUT2D eigenvalue weighted by Gasteiger charge is 2.11. The maximum absolute atomic E-state index is 12.3. The van der Waals surface area contributed by atoms with Crippen molar-refractivity contribution in [3.05, 3.63) is 77.3 Å². The first-order valence-electron chi connectivity index (χ1n) is 9.00. The van der Waals surface area contributed by atoms with Crippen LogP contribution in [-0.4, -0.2) is 29.7 Å². The molecule has 1 atom stereocenters. The molecule has 0 fully saturated rings. The summed E-state index contributed by atoms with van der Waals surface area (Å²) in [7, 11) is 3.06. The van der Waals surface area contributed by atoms with Gasteiger partial charge < -0.3 is 19.4 Å². The van der Waals surface area contributed by atoms with Crippen LogP contribution in [0.3, 0.4) is 0 Å². The van der Waals surface area contributed by atoms with Gasteiger partial charge in [0.05, 0.1) is 31.6 Å². The minimum absolute atomic E-state index is 0.141. The van der Waals surface area contributed by atoms with Crippen LogP contribution in [0, 0.1) is 0 Å². The molecule has 29 heavy (non-hydrogen) atoms. The van der Waals surface area contributed by atoms with E-state index in [0.717, 1.165) is 16.8 Å². The normalized spacial score (nSPS) is 12.0. The highest BCUT2D eigenvalue weighted by molar-refractivity contribution is 6.32. The minimum Gasteiger partial charge on any atom is -0.493 e. The average Bonchev–Trinajstić information content (AvgIpc) is 3.26. The second kappa shape index (κ2) is 9.30. The molecular weight excluding hydrogens is 390 g/mol. The van der Waals surface area contributed by atoms with E-state index in [1.54, 1.807) is 30.7 Å². The smallest absolute Gasteiger partial charge is 0.244 e. The van der Waals surface area contributed by atoms with Gasteiger partial charge in [-0.3, -0.25) is 4.79 Å². The molecule has 0 unspecified atom stereocenters. The number of aromatic nitrogens is 2. The molecule has 0 saturated heterocycles. The van der Waals surface area contributed by atoms with Gasteiger partial charge in [0.25, 0.3) is 0 Å². The number of rotatable bonds is 7. The number of nitrogens with zero attached hydrogens (tertiary/aromatic N) is 2. The zero-order valence-electron chi connectivity index (χ0n) is 16.4. The van der Waals surface area contributed by atoms with E-state index < -0.39 is 0 Å². The molecule has 0 aliphatic carbocycles. The van der Waals surface area contributed by atoms with E-state index >= 15 is 0 Å². The van der Waals surface area contributed by atoms with E-state index in [9.17, 15) is 4.79 Å². The van der Waals surface area contributed by atoms with Crippen molar-refractivity contribution in [2.75, 3.05) is 14.2 Å². The van der Waals surface area contributed by atoms with E-state index in [1.165, 1.54) is 20.3 Å². The summed E-state index contributed by atoms with van der Waals surface area (Å²) in [4.78, 5) is 16.4. The molecule has 1 aromatic heterocycles. The van der Waals surface area contributed by atoms with Crippen LogP contribution in [0.1, 0.15) is 24.1 Å². The molecular formula is C22H22ClN3O3. The lowest BCUT2D eigenvalue weighted by Gasteiger charge is -2.14. The predicted molar refractivity (Wildman–Crippen MR) is 114 cm³/mol. The van der Waals surface area contributed by atoms with Gasteiger partial charge in [0.1, 0.15) is 0 Å². The molecule has 0 radical (unpaired) electrons. The summed E-state index contributed by atoms with van der Waals surface area (Å²) < 4.78 is 12.4. The Kier molecular flexibility index (Phi) is 6.57. The van der Waals surface area contributed by atoms with Gasteiger partial charge in [-0.25, -0.2) is 4.98 Å². The van der Waals surface area contributed by atoms with Gasteiger partial charge in [0.2, 0.25) is 5.91 Å². The third kappa shape index (κ3) is 4.97. The molecule has 3 rings (SSSR count). The molecule has 1 amide bonds. The molecule has 1 N–H and O–H groups in total. The van der Waals surface area contributed by atoms with Crippen LogP contribution >= 0.6 is 11.6 Å². The van der Waals surface area contributed by atoms with Crippen molar-refractivity contribution in [2.24, 2.45) is 0 Å². The quantitative estimate of drug-likeness (QED) is 0.584. The van der Waals surface area contributed by atoms with Crippen LogP contribution in [0.25, 0.3) is 11.8 Å². The van der Waals surface area contributed by atoms with E-state index in [2.05, 4.69) is 10.3 Å². The van der Waals surface area contributed by atoms with Gasteiger partial charge >= 0.3 is 0 Å². The van der Waals surface area contributed by atoms with Crippen LogP contribution in [0.15, 0.2) is 61.2 Å². The standard InChI is InChI=1S/C22H22ClN3O3/c1-15(17-5-7-18(8-6-17)26-11-10-24-14-26)25-21(27)9-4-16-12-19(23)22(29-3)20(13-16)28-2/h4-15H,1-3H3,(H,25,27)/b9-4+/t15-/m1/s1. The Morgan fingerprint density at radius 3 is 2.59 bits per heavy atom. The van der Waals surface area contributed by atoms with Gasteiger partial charge in [0, 0.05) is 24.2 Å². The fourth-order valence-electron chi connectivity index (χ4n) is 2.90. The third-order valence-electron chi connectivity index (χ3n) is 4.44. The molecule has 2 aromatic carbocycles. The van der Waals surface area contributed by atoms with E-state index in [0.29, 0.717) is 16.5 Å². The first kappa shape index (κ1) is 20.5. The largest absolute Gasteiger partial charge is 0.493 e. The maximum Gasteiger partial charge on any atom is 0.244 e. The molecule has 150 valence electrons. The summed E-state index contributed by atoms with van der Waals surface area (Å²) >= 11 is 6.20. The summed E-state index contributed by atoms with van der Waals surface area (Å²) in [5, 5.41) is 3.37. The number of carbonyl (C=O) groups is 1. The zero-order chi connectivity index (χ0) is 20.8. The number of imidazole rings is 1. The number of halogens is 1. The lowest BCUT2D eigenvalue weighted by atomic mass is 10.1. The Morgan fingerprint density at radius 1 is 1.21 bits per heavy atom. The number of nitrogens with one attached hydrogen (secondary N) is 1. The Bertz CT molecular complexity index is 999. The van der Waals surface area contributed by atoms with Gasteiger partial charge in [-0.05, 0) is 48.4 Å². The monoisotopic (exact) mass is 411 g/mol. The number of carbonyl (C=O) groups excluding carboxylic acids is 1. The molecule has 0 saturated carbocycles. The number of hydrogen-bond acceptors (Lipinski definition) is 4.